The second kappa shape index (κ2) is 7.49. The lowest BCUT2D eigenvalue weighted by Crippen LogP contribution is -2.08. The first kappa shape index (κ1) is 15.1. The molecule has 1 aliphatic carbocycles. The number of esters is 1. The Labute approximate surface area is 117 Å². The minimum absolute atomic E-state index is 0.323. The second-order valence-corrected chi connectivity index (χ2v) is 4.85. The van der Waals surface area contributed by atoms with Gasteiger partial charge in [-0.1, -0.05) is 29.8 Å². The number of rotatable bonds is 6. The number of hydrogen-bond acceptors (Lipinski definition) is 3. The molecule has 0 fully saturated rings. The van der Waals surface area contributed by atoms with Crippen LogP contribution in [0.25, 0.3) is 0 Å². The summed E-state index contributed by atoms with van der Waals surface area (Å²) < 4.78 is 10.5. The molecule has 0 amide bonds. The lowest BCUT2D eigenvalue weighted by atomic mass is 10.1. The number of allylic oxidation sites excluding steroid dienone is 4. The monoisotopic (exact) mass is 290 g/mol. The number of carbonyl (C=O) groups excluding carboxylic acids is 1. The quantitative estimate of drug-likeness (QED) is 0.423. The maximum Gasteiger partial charge on any atom is 0.333 e. The summed E-state index contributed by atoms with van der Waals surface area (Å²) in [7, 11) is 0. The highest BCUT2D eigenvalue weighted by Crippen LogP contribution is 2.29. The van der Waals surface area contributed by atoms with Gasteiger partial charge in [0.25, 0.3) is 0 Å². The summed E-state index contributed by atoms with van der Waals surface area (Å²) in [5, 5.41) is 1.20. The van der Waals surface area contributed by atoms with Crippen molar-refractivity contribution in [3.05, 3.63) is 34.1 Å². The maximum absolute atomic E-state index is 11.1. The molecule has 5 heteroatoms. The summed E-state index contributed by atoms with van der Waals surface area (Å²) in [6.45, 7) is 5.92. The third kappa shape index (κ3) is 5.15. The van der Waals surface area contributed by atoms with Gasteiger partial charge in [0.15, 0.2) is 0 Å². The standard InChI is InChI=1S/C13H16Cl2O3/c1-9(2)13(16)18-7-3-6-17-10-4-5-11(14)12(15)8-10/h8H,1,3-7H2,2H3. The Kier molecular flexibility index (Phi) is 6.30. The molecule has 0 saturated carbocycles. The number of hydrogen-bond donors (Lipinski definition) is 0. The number of halogens is 2. The Morgan fingerprint density at radius 3 is 2.72 bits per heavy atom. The molecule has 100 valence electrons. The predicted octanol–water partition coefficient (Wildman–Crippen LogP) is 3.88. The summed E-state index contributed by atoms with van der Waals surface area (Å²) in [6, 6.07) is 0. The van der Waals surface area contributed by atoms with Crippen LogP contribution < -0.4 is 0 Å². The number of carbonyl (C=O) groups is 1. The van der Waals surface area contributed by atoms with Gasteiger partial charge in [-0.15, -0.1) is 0 Å². The van der Waals surface area contributed by atoms with E-state index >= 15 is 0 Å². The highest BCUT2D eigenvalue weighted by atomic mass is 35.5. The van der Waals surface area contributed by atoms with Gasteiger partial charge in [0.2, 0.25) is 0 Å². The highest BCUT2D eigenvalue weighted by molar-refractivity contribution is 6.40. The van der Waals surface area contributed by atoms with Gasteiger partial charge in [0.1, 0.15) is 0 Å². The molecule has 0 saturated heterocycles. The molecular weight excluding hydrogens is 275 g/mol. The summed E-state index contributed by atoms with van der Waals surface area (Å²) in [4.78, 5) is 11.1. The molecule has 0 atom stereocenters. The fourth-order valence-corrected chi connectivity index (χ4v) is 1.67. The van der Waals surface area contributed by atoms with Crippen molar-refractivity contribution >= 4 is 29.2 Å². The normalized spacial score (nSPS) is 15.2. The summed E-state index contributed by atoms with van der Waals surface area (Å²) in [6.07, 6.45) is 3.82. The summed E-state index contributed by atoms with van der Waals surface area (Å²) in [5.74, 6) is 0.445. The van der Waals surface area contributed by atoms with Gasteiger partial charge >= 0.3 is 5.97 Å². The predicted molar refractivity (Wildman–Crippen MR) is 72.4 cm³/mol. The van der Waals surface area contributed by atoms with Crippen molar-refractivity contribution in [2.45, 2.75) is 26.2 Å². The zero-order valence-corrected chi connectivity index (χ0v) is 11.8. The highest BCUT2D eigenvalue weighted by Gasteiger charge is 2.11. The van der Waals surface area contributed by atoms with Crippen molar-refractivity contribution in [1.29, 1.82) is 0 Å². The van der Waals surface area contributed by atoms with E-state index in [9.17, 15) is 4.79 Å². The van der Waals surface area contributed by atoms with E-state index in [1.807, 2.05) is 0 Å². The van der Waals surface area contributed by atoms with E-state index in [0.717, 1.165) is 12.2 Å². The molecule has 0 aromatic rings. The Morgan fingerprint density at radius 2 is 2.11 bits per heavy atom. The molecular formula is C13H16Cl2O3. The van der Waals surface area contributed by atoms with Crippen LogP contribution in [-0.4, -0.2) is 19.2 Å². The Hall–Kier alpha value is -0.930. The van der Waals surface area contributed by atoms with E-state index in [0.29, 0.717) is 41.7 Å². The van der Waals surface area contributed by atoms with Crippen LogP contribution in [0.3, 0.4) is 0 Å². The lowest BCUT2D eigenvalue weighted by molar-refractivity contribution is -0.139. The van der Waals surface area contributed by atoms with Crippen LogP contribution in [0.5, 0.6) is 0 Å². The molecule has 0 aromatic carbocycles. The zero-order chi connectivity index (χ0) is 13.5. The van der Waals surface area contributed by atoms with Crippen LogP contribution in [0, 0.1) is 0 Å². The van der Waals surface area contributed by atoms with Crippen LogP contribution in [0.2, 0.25) is 0 Å². The summed E-state index contributed by atoms with van der Waals surface area (Å²) >= 11 is 11.8. The molecule has 1 aliphatic rings. The molecule has 0 radical (unpaired) electrons. The molecule has 0 heterocycles. The molecule has 0 bridgehead atoms. The van der Waals surface area contributed by atoms with Crippen LogP contribution >= 0.6 is 23.2 Å². The van der Waals surface area contributed by atoms with Gasteiger partial charge in [-0.2, -0.15) is 0 Å². The van der Waals surface area contributed by atoms with E-state index in [-0.39, 0.29) is 5.97 Å². The average molecular weight is 291 g/mol. The maximum atomic E-state index is 11.1. The van der Waals surface area contributed by atoms with Crippen molar-refractivity contribution in [1.82, 2.24) is 0 Å². The van der Waals surface area contributed by atoms with Crippen molar-refractivity contribution < 1.29 is 14.3 Å². The lowest BCUT2D eigenvalue weighted by Gasteiger charge is -2.14. The Morgan fingerprint density at radius 1 is 1.39 bits per heavy atom. The van der Waals surface area contributed by atoms with Crippen molar-refractivity contribution in [3.63, 3.8) is 0 Å². The largest absolute Gasteiger partial charge is 0.498 e. The van der Waals surface area contributed by atoms with E-state index in [4.69, 9.17) is 32.7 Å². The van der Waals surface area contributed by atoms with Crippen LogP contribution in [0.15, 0.2) is 34.1 Å². The Bertz CT molecular complexity index is 397. The first-order valence-corrected chi connectivity index (χ1v) is 6.46. The van der Waals surface area contributed by atoms with Crippen LogP contribution in [0.1, 0.15) is 26.2 Å². The van der Waals surface area contributed by atoms with Crippen LogP contribution in [-0.2, 0) is 14.3 Å². The molecule has 0 unspecified atom stereocenters. The first-order valence-electron chi connectivity index (χ1n) is 5.71. The topological polar surface area (TPSA) is 35.5 Å². The molecule has 0 spiro atoms. The van der Waals surface area contributed by atoms with Crippen molar-refractivity contribution in [2.75, 3.05) is 13.2 Å². The van der Waals surface area contributed by atoms with E-state index < -0.39 is 0 Å². The third-order valence-electron chi connectivity index (χ3n) is 2.30. The van der Waals surface area contributed by atoms with Gasteiger partial charge in [0, 0.05) is 23.4 Å². The zero-order valence-electron chi connectivity index (χ0n) is 10.3. The van der Waals surface area contributed by atoms with Crippen molar-refractivity contribution in [3.8, 4) is 0 Å². The van der Waals surface area contributed by atoms with E-state index in [1.54, 1.807) is 13.0 Å². The fraction of sp³-hybridized carbons (Fsp3) is 0.462. The fourth-order valence-electron chi connectivity index (χ4n) is 1.31. The smallest absolute Gasteiger partial charge is 0.333 e. The first-order chi connectivity index (χ1) is 8.50. The summed E-state index contributed by atoms with van der Waals surface area (Å²) in [5.41, 5.74) is 0.400. The van der Waals surface area contributed by atoms with Crippen LogP contribution in [0.4, 0.5) is 0 Å². The Balaban J connectivity index is 2.18. The van der Waals surface area contributed by atoms with Gasteiger partial charge in [-0.3, -0.25) is 0 Å². The van der Waals surface area contributed by atoms with Gasteiger partial charge in [0.05, 0.1) is 24.0 Å². The van der Waals surface area contributed by atoms with Crippen molar-refractivity contribution in [2.24, 2.45) is 0 Å². The molecule has 0 N–H and O–H groups in total. The number of ether oxygens (including phenoxy) is 2. The third-order valence-corrected chi connectivity index (χ3v) is 3.12. The van der Waals surface area contributed by atoms with E-state index in [2.05, 4.69) is 6.58 Å². The minimum Gasteiger partial charge on any atom is -0.498 e. The molecule has 3 nitrogen and oxygen atoms in total. The molecule has 1 rings (SSSR count). The molecule has 0 aliphatic heterocycles. The van der Waals surface area contributed by atoms with E-state index in [1.165, 1.54) is 0 Å². The SMILES string of the molecule is C=C(C)C(=O)OCCCOC1=CC(Cl)=C(Cl)CC1. The minimum atomic E-state index is -0.371. The average Bonchev–Trinajstić information content (AvgIpc) is 2.32. The van der Waals surface area contributed by atoms with Gasteiger partial charge < -0.3 is 9.47 Å². The van der Waals surface area contributed by atoms with Gasteiger partial charge in [-0.25, -0.2) is 4.79 Å². The second-order valence-electron chi connectivity index (χ2n) is 3.98. The van der Waals surface area contributed by atoms with Gasteiger partial charge in [-0.05, 0) is 19.4 Å². The molecule has 18 heavy (non-hydrogen) atoms. The molecule has 0 aromatic heterocycles.